The predicted octanol–water partition coefficient (Wildman–Crippen LogP) is 3.74. The molecule has 1 fully saturated rings. The highest BCUT2D eigenvalue weighted by Crippen LogP contribution is 2.33. The minimum atomic E-state index is -0.472. The van der Waals surface area contributed by atoms with Crippen LogP contribution in [0, 0.1) is 0 Å². The number of fused-ring (bicyclic) bond motifs is 1. The zero-order chi connectivity index (χ0) is 20.1. The number of nitrogens with zero attached hydrogens (tertiary/aromatic N) is 2. The van der Waals surface area contributed by atoms with Crippen LogP contribution in [-0.2, 0) is 0 Å². The lowest BCUT2D eigenvalue weighted by Gasteiger charge is -2.25. The summed E-state index contributed by atoms with van der Waals surface area (Å²) in [6, 6.07) is 14.6. The highest BCUT2D eigenvalue weighted by Gasteiger charge is 2.14. The van der Waals surface area contributed by atoms with E-state index >= 15 is 0 Å². The average Bonchev–Trinajstić information content (AvgIpc) is 2.75. The summed E-state index contributed by atoms with van der Waals surface area (Å²) < 4.78 is 5.55. The van der Waals surface area contributed by atoms with Gasteiger partial charge in [0.25, 0.3) is 0 Å². The second-order valence-corrected chi connectivity index (χ2v) is 8.06. The first kappa shape index (κ1) is 19.5. The van der Waals surface area contributed by atoms with E-state index in [0.29, 0.717) is 12.3 Å². The van der Waals surface area contributed by atoms with Gasteiger partial charge in [-0.3, -0.25) is 9.88 Å². The molecule has 3 aromatic rings. The molecule has 2 aromatic carbocycles. The topological polar surface area (TPSA) is 74.7 Å². The molecule has 1 aromatic heterocycles. The maximum Gasteiger partial charge on any atom is 0.412 e. The molecule has 1 aliphatic rings. The SMILES string of the molecule is O=C(NCCN1CCSCC1)Oc1cnc(-c2ccc(O)cc2)c2ccccc12. The molecule has 29 heavy (non-hydrogen) atoms. The van der Waals surface area contributed by atoms with Crippen molar-refractivity contribution in [1.29, 1.82) is 0 Å². The molecule has 1 aliphatic heterocycles. The zero-order valence-corrected chi connectivity index (χ0v) is 16.8. The van der Waals surface area contributed by atoms with Gasteiger partial charge in [0.1, 0.15) is 5.75 Å². The van der Waals surface area contributed by atoms with Crippen molar-refractivity contribution < 1.29 is 14.6 Å². The summed E-state index contributed by atoms with van der Waals surface area (Å²) in [5.41, 5.74) is 1.66. The van der Waals surface area contributed by atoms with Crippen LogP contribution in [0.5, 0.6) is 11.5 Å². The quantitative estimate of drug-likeness (QED) is 0.669. The summed E-state index contributed by atoms with van der Waals surface area (Å²) in [6.07, 6.45) is 1.10. The van der Waals surface area contributed by atoms with E-state index in [9.17, 15) is 9.90 Å². The molecule has 1 saturated heterocycles. The first-order valence-electron chi connectivity index (χ1n) is 9.63. The van der Waals surface area contributed by atoms with E-state index in [4.69, 9.17) is 4.74 Å². The molecule has 4 rings (SSSR count). The van der Waals surface area contributed by atoms with Crippen LogP contribution < -0.4 is 10.1 Å². The second kappa shape index (κ2) is 9.15. The Hall–Kier alpha value is -2.77. The molecule has 0 bridgehead atoms. The Kier molecular flexibility index (Phi) is 6.17. The van der Waals surface area contributed by atoms with E-state index in [-0.39, 0.29) is 5.75 Å². The number of aromatic hydroxyl groups is 1. The van der Waals surface area contributed by atoms with Crippen LogP contribution in [0.3, 0.4) is 0 Å². The Balaban J connectivity index is 1.47. The van der Waals surface area contributed by atoms with Gasteiger partial charge < -0.3 is 15.2 Å². The van der Waals surface area contributed by atoms with Gasteiger partial charge in [-0.2, -0.15) is 11.8 Å². The molecule has 150 valence electrons. The molecule has 1 amide bonds. The molecule has 0 spiro atoms. The lowest BCUT2D eigenvalue weighted by molar-refractivity contribution is 0.198. The van der Waals surface area contributed by atoms with Gasteiger partial charge in [-0.15, -0.1) is 0 Å². The summed E-state index contributed by atoms with van der Waals surface area (Å²) in [5.74, 6) is 2.93. The predicted molar refractivity (Wildman–Crippen MR) is 117 cm³/mol. The highest BCUT2D eigenvalue weighted by atomic mass is 32.2. The first-order chi connectivity index (χ1) is 14.2. The van der Waals surface area contributed by atoms with Gasteiger partial charge in [-0.1, -0.05) is 24.3 Å². The molecule has 2 heterocycles. The maximum absolute atomic E-state index is 12.3. The number of hydrogen-bond donors (Lipinski definition) is 2. The fourth-order valence-electron chi connectivity index (χ4n) is 3.37. The van der Waals surface area contributed by atoms with Crippen LogP contribution in [0.15, 0.2) is 54.7 Å². The van der Waals surface area contributed by atoms with Crippen LogP contribution in [0.25, 0.3) is 22.0 Å². The van der Waals surface area contributed by atoms with E-state index < -0.39 is 6.09 Å². The number of phenolic OH excluding ortho intramolecular Hbond substituents is 1. The molecule has 0 saturated carbocycles. The number of aromatic nitrogens is 1. The Bertz CT molecular complexity index is 988. The van der Waals surface area contributed by atoms with Gasteiger partial charge in [0, 0.05) is 54.0 Å². The minimum absolute atomic E-state index is 0.206. The molecule has 0 atom stereocenters. The molecular formula is C22H23N3O3S. The van der Waals surface area contributed by atoms with Gasteiger partial charge in [0.05, 0.1) is 11.9 Å². The van der Waals surface area contributed by atoms with E-state index in [0.717, 1.165) is 53.2 Å². The van der Waals surface area contributed by atoms with E-state index in [1.54, 1.807) is 18.3 Å². The fraction of sp³-hybridized carbons (Fsp3) is 0.273. The number of rotatable bonds is 5. The summed E-state index contributed by atoms with van der Waals surface area (Å²) in [6.45, 7) is 3.51. The van der Waals surface area contributed by atoms with Gasteiger partial charge in [0.15, 0.2) is 5.75 Å². The number of amides is 1. The van der Waals surface area contributed by atoms with Crippen LogP contribution in [0.1, 0.15) is 0 Å². The average molecular weight is 410 g/mol. The Labute approximate surface area is 173 Å². The van der Waals surface area contributed by atoms with Crippen LogP contribution in [0.4, 0.5) is 4.79 Å². The molecule has 6 nitrogen and oxygen atoms in total. The molecule has 2 N–H and O–H groups in total. The molecule has 0 unspecified atom stereocenters. The number of hydrogen-bond acceptors (Lipinski definition) is 6. The lowest BCUT2D eigenvalue weighted by atomic mass is 10.0. The normalized spacial score (nSPS) is 14.6. The Morgan fingerprint density at radius 2 is 1.83 bits per heavy atom. The van der Waals surface area contributed by atoms with E-state index in [1.165, 1.54) is 0 Å². The van der Waals surface area contributed by atoms with Crippen LogP contribution in [0.2, 0.25) is 0 Å². The standard InChI is InChI=1S/C22H23N3O3S/c26-17-7-5-16(6-8-17)21-19-4-2-1-3-18(19)20(15-24-21)28-22(27)23-9-10-25-11-13-29-14-12-25/h1-8,15,26H,9-14H2,(H,23,27). The Morgan fingerprint density at radius 1 is 1.10 bits per heavy atom. The zero-order valence-electron chi connectivity index (χ0n) is 16.0. The third-order valence-corrected chi connectivity index (χ3v) is 5.85. The van der Waals surface area contributed by atoms with Crippen molar-refractivity contribution in [3.8, 4) is 22.8 Å². The summed E-state index contributed by atoms with van der Waals surface area (Å²) in [4.78, 5) is 19.1. The molecule has 7 heteroatoms. The monoisotopic (exact) mass is 409 g/mol. The Morgan fingerprint density at radius 3 is 2.59 bits per heavy atom. The van der Waals surface area contributed by atoms with E-state index in [1.807, 2.05) is 48.2 Å². The number of ether oxygens (including phenoxy) is 1. The van der Waals surface area contributed by atoms with Gasteiger partial charge >= 0.3 is 6.09 Å². The smallest absolute Gasteiger partial charge is 0.412 e. The highest BCUT2D eigenvalue weighted by molar-refractivity contribution is 7.99. The van der Waals surface area contributed by atoms with Crippen LogP contribution >= 0.6 is 11.8 Å². The second-order valence-electron chi connectivity index (χ2n) is 6.83. The molecule has 0 aliphatic carbocycles. The lowest BCUT2D eigenvalue weighted by Crippen LogP contribution is -2.39. The van der Waals surface area contributed by atoms with Crippen molar-refractivity contribution in [2.75, 3.05) is 37.7 Å². The number of benzene rings is 2. The molecule has 0 radical (unpaired) electrons. The minimum Gasteiger partial charge on any atom is -0.508 e. The number of pyridine rings is 1. The van der Waals surface area contributed by atoms with E-state index in [2.05, 4.69) is 15.2 Å². The van der Waals surface area contributed by atoms with Gasteiger partial charge in [-0.05, 0) is 24.3 Å². The number of phenols is 1. The first-order valence-corrected chi connectivity index (χ1v) is 10.8. The number of thioether (sulfide) groups is 1. The van der Waals surface area contributed by atoms with Gasteiger partial charge in [-0.25, -0.2) is 4.79 Å². The summed E-state index contributed by atoms with van der Waals surface area (Å²) in [5, 5.41) is 14.1. The van der Waals surface area contributed by atoms with Crippen molar-refractivity contribution in [1.82, 2.24) is 15.2 Å². The fourth-order valence-corrected chi connectivity index (χ4v) is 4.35. The van der Waals surface area contributed by atoms with Crippen molar-refractivity contribution in [2.24, 2.45) is 0 Å². The maximum atomic E-state index is 12.3. The third kappa shape index (κ3) is 4.81. The van der Waals surface area contributed by atoms with Crippen molar-refractivity contribution in [3.63, 3.8) is 0 Å². The third-order valence-electron chi connectivity index (χ3n) is 4.90. The summed E-state index contributed by atoms with van der Waals surface area (Å²) in [7, 11) is 0. The van der Waals surface area contributed by atoms with Crippen molar-refractivity contribution in [3.05, 3.63) is 54.7 Å². The number of carbonyl (C=O) groups is 1. The van der Waals surface area contributed by atoms with Crippen LogP contribution in [-0.4, -0.2) is 58.8 Å². The van der Waals surface area contributed by atoms with Gasteiger partial charge in [0.2, 0.25) is 0 Å². The van der Waals surface area contributed by atoms with Crippen molar-refractivity contribution in [2.45, 2.75) is 0 Å². The number of nitrogens with one attached hydrogen (secondary N) is 1. The summed E-state index contributed by atoms with van der Waals surface area (Å²) >= 11 is 1.97. The number of carbonyl (C=O) groups excluding carboxylic acids is 1. The molecular weight excluding hydrogens is 386 g/mol. The largest absolute Gasteiger partial charge is 0.508 e. The van der Waals surface area contributed by atoms with Crippen molar-refractivity contribution >= 4 is 28.6 Å².